The monoisotopic (exact) mass is 286 g/mol. The highest BCUT2D eigenvalue weighted by molar-refractivity contribution is 6.09. The summed E-state index contributed by atoms with van der Waals surface area (Å²) < 4.78 is 12.4. The molecule has 5 nitrogen and oxygen atoms in total. The van der Waals surface area contributed by atoms with Crippen molar-refractivity contribution >= 4 is 5.78 Å². The van der Waals surface area contributed by atoms with Gasteiger partial charge in [0.15, 0.2) is 11.4 Å². The second-order valence-electron chi connectivity index (χ2n) is 5.41. The van der Waals surface area contributed by atoms with Crippen molar-refractivity contribution in [3.05, 3.63) is 46.8 Å². The van der Waals surface area contributed by atoms with E-state index in [0.717, 1.165) is 11.1 Å². The first-order valence-corrected chi connectivity index (χ1v) is 6.97. The van der Waals surface area contributed by atoms with E-state index in [1.807, 2.05) is 32.0 Å². The number of rotatable bonds is 4. The SMILES string of the molecule is COc1cnn(C(C)C)c1C(=O)c1ccc2c(c1)COC2. The van der Waals surface area contributed by atoms with Gasteiger partial charge in [0.25, 0.3) is 0 Å². The van der Waals surface area contributed by atoms with Gasteiger partial charge in [-0.1, -0.05) is 12.1 Å². The number of carbonyl (C=O) groups is 1. The molecule has 5 heteroatoms. The molecule has 0 aliphatic carbocycles. The molecule has 110 valence electrons. The molecule has 0 atom stereocenters. The number of benzene rings is 1. The molecular weight excluding hydrogens is 268 g/mol. The molecule has 3 rings (SSSR count). The van der Waals surface area contributed by atoms with Crippen molar-refractivity contribution in [3.63, 3.8) is 0 Å². The van der Waals surface area contributed by atoms with E-state index in [4.69, 9.17) is 9.47 Å². The summed E-state index contributed by atoms with van der Waals surface area (Å²) in [5, 5.41) is 4.25. The smallest absolute Gasteiger partial charge is 0.214 e. The molecule has 0 unspecified atom stereocenters. The van der Waals surface area contributed by atoms with Gasteiger partial charge < -0.3 is 9.47 Å². The van der Waals surface area contributed by atoms with Crippen LogP contribution in [0.2, 0.25) is 0 Å². The Hall–Kier alpha value is -2.14. The Labute approximate surface area is 123 Å². The predicted molar refractivity (Wildman–Crippen MR) is 77.5 cm³/mol. The molecule has 2 heterocycles. The highest BCUT2D eigenvalue weighted by atomic mass is 16.5. The molecular formula is C16H18N2O3. The van der Waals surface area contributed by atoms with Crippen molar-refractivity contribution in [2.75, 3.05) is 7.11 Å². The van der Waals surface area contributed by atoms with E-state index in [9.17, 15) is 4.79 Å². The summed E-state index contributed by atoms with van der Waals surface area (Å²) in [6, 6.07) is 5.79. The predicted octanol–water partition coefficient (Wildman–Crippen LogP) is 2.73. The molecule has 2 aromatic rings. The summed E-state index contributed by atoms with van der Waals surface area (Å²) >= 11 is 0. The number of fused-ring (bicyclic) bond motifs is 1. The second-order valence-corrected chi connectivity index (χ2v) is 5.41. The second kappa shape index (κ2) is 5.33. The Morgan fingerprint density at radius 1 is 1.33 bits per heavy atom. The van der Waals surface area contributed by atoms with Crippen molar-refractivity contribution in [2.24, 2.45) is 0 Å². The Kier molecular flexibility index (Phi) is 3.51. The first-order valence-electron chi connectivity index (χ1n) is 6.97. The molecule has 0 fully saturated rings. The minimum absolute atomic E-state index is 0.0762. The van der Waals surface area contributed by atoms with Gasteiger partial charge in [-0.05, 0) is 31.0 Å². The number of ketones is 1. The van der Waals surface area contributed by atoms with Crippen molar-refractivity contribution in [1.82, 2.24) is 9.78 Å². The van der Waals surface area contributed by atoms with Crippen molar-refractivity contribution in [3.8, 4) is 5.75 Å². The summed E-state index contributed by atoms with van der Waals surface area (Å²) in [5.74, 6) is 0.429. The summed E-state index contributed by atoms with van der Waals surface area (Å²) in [6.45, 7) is 5.16. The minimum atomic E-state index is -0.0762. The van der Waals surface area contributed by atoms with Gasteiger partial charge >= 0.3 is 0 Å². The van der Waals surface area contributed by atoms with Crippen LogP contribution in [0.15, 0.2) is 24.4 Å². The van der Waals surface area contributed by atoms with Crippen molar-refractivity contribution in [1.29, 1.82) is 0 Å². The van der Waals surface area contributed by atoms with Crippen LogP contribution < -0.4 is 4.74 Å². The van der Waals surface area contributed by atoms with Crippen LogP contribution in [-0.4, -0.2) is 22.7 Å². The zero-order chi connectivity index (χ0) is 15.0. The fourth-order valence-electron chi connectivity index (χ4n) is 2.55. The number of methoxy groups -OCH3 is 1. The van der Waals surface area contributed by atoms with E-state index in [0.29, 0.717) is 30.2 Å². The van der Waals surface area contributed by atoms with Gasteiger partial charge in [-0.3, -0.25) is 9.48 Å². The molecule has 1 aliphatic heterocycles. The lowest BCUT2D eigenvalue weighted by Gasteiger charge is -2.11. The molecule has 0 radical (unpaired) electrons. The molecule has 0 saturated carbocycles. The quantitative estimate of drug-likeness (QED) is 0.811. The molecule has 0 bridgehead atoms. The normalized spacial score (nSPS) is 13.5. The molecule has 0 saturated heterocycles. The molecule has 0 N–H and O–H groups in total. The standard InChI is InChI=1S/C16H18N2O3/c1-10(2)18-15(14(20-3)7-17-18)16(19)11-4-5-12-8-21-9-13(12)6-11/h4-7,10H,8-9H2,1-3H3. The van der Waals surface area contributed by atoms with Crippen LogP contribution in [0, 0.1) is 0 Å². The summed E-state index contributed by atoms with van der Waals surface area (Å²) in [7, 11) is 1.55. The average molecular weight is 286 g/mol. The summed E-state index contributed by atoms with van der Waals surface area (Å²) in [4.78, 5) is 12.8. The topological polar surface area (TPSA) is 53.4 Å². The molecule has 1 aromatic carbocycles. The van der Waals surface area contributed by atoms with Gasteiger partial charge in [-0.25, -0.2) is 0 Å². The van der Waals surface area contributed by atoms with Crippen LogP contribution >= 0.6 is 0 Å². The van der Waals surface area contributed by atoms with Gasteiger partial charge in [0.2, 0.25) is 5.78 Å². The third kappa shape index (κ3) is 2.34. The number of aromatic nitrogens is 2. The molecule has 0 spiro atoms. The number of ether oxygens (including phenoxy) is 2. The minimum Gasteiger partial charge on any atom is -0.493 e. The first-order chi connectivity index (χ1) is 10.1. The number of nitrogens with zero attached hydrogens (tertiary/aromatic N) is 2. The molecule has 0 amide bonds. The van der Waals surface area contributed by atoms with E-state index in [1.165, 1.54) is 0 Å². The van der Waals surface area contributed by atoms with E-state index in [1.54, 1.807) is 18.0 Å². The van der Waals surface area contributed by atoms with Gasteiger partial charge in [0.1, 0.15) is 0 Å². The van der Waals surface area contributed by atoms with E-state index in [-0.39, 0.29) is 11.8 Å². The Morgan fingerprint density at radius 2 is 2.10 bits per heavy atom. The van der Waals surface area contributed by atoms with Gasteiger partial charge in [0.05, 0.1) is 26.5 Å². The zero-order valence-electron chi connectivity index (χ0n) is 12.4. The fraction of sp³-hybridized carbons (Fsp3) is 0.375. The zero-order valence-corrected chi connectivity index (χ0v) is 12.4. The first kappa shape index (κ1) is 13.8. The van der Waals surface area contributed by atoms with Gasteiger partial charge in [-0.15, -0.1) is 0 Å². The lowest BCUT2D eigenvalue weighted by molar-refractivity contribution is 0.102. The van der Waals surface area contributed by atoms with E-state index >= 15 is 0 Å². The third-order valence-electron chi connectivity index (χ3n) is 3.67. The van der Waals surface area contributed by atoms with Crippen LogP contribution in [0.4, 0.5) is 0 Å². The average Bonchev–Trinajstić information content (AvgIpc) is 3.11. The summed E-state index contributed by atoms with van der Waals surface area (Å²) in [5.41, 5.74) is 3.36. The van der Waals surface area contributed by atoms with Gasteiger partial charge in [0, 0.05) is 11.6 Å². The fourth-order valence-corrected chi connectivity index (χ4v) is 2.55. The van der Waals surface area contributed by atoms with Crippen LogP contribution in [0.5, 0.6) is 5.75 Å². The van der Waals surface area contributed by atoms with E-state index in [2.05, 4.69) is 5.10 Å². The Bertz CT molecular complexity index is 689. The van der Waals surface area contributed by atoms with Crippen molar-refractivity contribution < 1.29 is 14.3 Å². The number of hydrogen-bond acceptors (Lipinski definition) is 4. The van der Waals surface area contributed by atoms with Crippen LogP contribution in [0.1, 0.15) is 47.1 Å². The lowest BCUT2D eigenvalue weighted by Crippen LogP contribution is -2.14. The van der Waals surface area contributed by atoms with E-state index < -0.39 is 0 Å². The largest absolute Gasteiger partial charge is 0.493 e. The molecule has 1 aromatic heterocycles. The number of hydrogen-bond donors (Lipinski definition) is 0. The highest BCUT2D eigenvalue weighted by Gasteiger charge is 2.23. The van der Waals surface area contributed by atoms with Gasteiger partial charge in [-0.2, -0.15) is 5.10 Å². The maximum Gasteiger partial charge on any atom is 0.214 e. The summed E-state index contributed by atoms with van der Waals surface area (Å²) in [6.07, 6.45) is 1.59. The van der Waals surface area contributed by atoms with Crippen molar-refractivity contribution in [2.45, 2.75) is 33.1 Å². The lowest BCUT2D eigenvalue weighted by atomic mass is 10.0. The number of carbonyl (C=O) groups excluding carboxylic acids is 1. The highest BCUT2D eigenvalue weighted by Crippen LogP contribution is 2.27. The maximum absolute atomic E-state index is 12.8. The Morgan fingerprint density at radius 3 is 2.81 bits per heavy atom. The van der Waals surface area contributed by atoms with Crippen LogP contribution in [0.3, 0.4) is 0 Å². The molecule has 1 aliphatic rings. The third-order valence-corrected chi connectivity index (χ3v) is 3.67. The van der Waals surface area contributed by atoms with Crippen LogP contribution in [0.25, 0.3) is 0 Å². The Balaban J connectivity index is 2.04. The molecule has 21 heavy (non-hydrogen) atoms. The van der Waals surface area contributed by atoms with Crippen LogP contribution in [-0.2, 0) is 18.0 Å². The maximum atomic E-state index is 12.8.